The van der Waals surface area contributed by atoms with Crippen molar-refractivity contribution in [1.29, 1.82) is 0 Å². The van der Waals surface area contributed by atoms with E-state index in [0.29, 0.717) is 0 Å². The van der Waals surface area contributed by atoms with Crippen molar-refractivity contribution in [2.75, 3.05) is 12.3 Å². The maximum atomic E-state index is 2.30. The van der Waals surface area contributed by atoms with Crippen LogP contribution in [0.25, 0.3) is 0 Å². The molecule has 0 heterocycles. The van der Waals surface area contributed by atoms with E-state index in [-0.39, 0.29) is 0 Å². The van der Waals surface area contributed by atoms with E-state index in [9.17, 15) is 0 Å². The molecule has 0 aromatic rings. The minimum atomic E-state index is 1.12. The molecule has 1 atom stereocenters. The molecular formula is C10H21P. The molecule has 0 N–H and O–H groups in total. The summed E-state index contributed by atoms with van der Waals surface area (Å²) in [4.78, 5) is 0. The summed E-state index contributed by atoms with van der Waals surface area (Å²) in [5.74, 6) is 1.12. The predicted molar refractivity (Wildman–Crippen MR) is 54.9 cm³/mol. The van der Waals surface area contributed by atoms with Crippen molar-refractivity contribution >= 4 is 8.58 Å². The van der Waals surface area contributed by atoms with Crippen molar-refractivity contribution in [3.05, 3.63) is 0 Å². The third-order valence-electron chi connectivity index (χ3n) is 2.58. The van der Waals surface area contributed by atoms with Crippen molar-refractivity contribution < 1.29 is 0 Å². The Labute approximate surface area is 72.9 Å². The van der Waals surface area contributed by atoms with Crippen LogP contribution in [0.5, 0.6) is 0 Å². The second-order valence-corrected chi connectivity index (χ2v) is 5.12. The Morgan fingerprint density at radius 2 is 1.91 bits per heavy atom. The highest BCUT2D eigenvalue weighted by Gasteiger charge is 2.11. The van der Waals surface area contributed by atoms with Gasteiger partial charge in [0.1, 0.15) is 0 Å². The smallest absolute Gasteiger partial charge is 0.0325 e. The highest BCUT2D eigenvalue weighted by Crippen LogP contribution is 2.28. The van der Waals surface area contributed by atoms with Crippen molar-refractivity contribution in [3.63, 3.8) is 0 Å². The van der Waals surface area contributed by atoms with Crippen molar-refractivity contribution in [1.82, 2.24) is 0 Å². The van der Waals surface area contributed by atoms with Crippen LogP contribution < -0.4 is 0 Å². The average molecular weight is 172 g/mol. The van der Waals surface area contributed by atoms with Crippen LogP contribution in [0.15, 0.2) is 0 Å². The van der Waals surface area contributed by atoms with Gasteiger partial charge in [-0.05, 0) is 18.2 Å². The van der Waals surface area contributed by atoms with E-state index in [1.807, 2.05) is 0 Å². The quantitative estimate of drug-likeness (QED) is 0.448. The largest absolute Gasteiger partial charge is 0.122 e. The Balaban J connectivity index is 1.96. The van der Waals surface area contributed by atoms with Crippen LogP contribution in [0.2, 0.25) is 0 Å². The van der Waals surface area contributed by atoms with Gasteiger partial charge in [-0.15, -0.1) is 8.58 Å². The van der Waals surface area contributed by atoms with Gasteiger partial charge in [0, 0.05) is 0 Å². The topological polar surface area (TPSA) is 0 Å². The molecule has 11 heavy (non-hydrogen) atoms. The first-order valence-electron chi connectivity index (χ1n) is 5.14. The van der Waals surface area contributed by atoms with E-state index >= 15 is 0 Å². The molecule has 0 saturated heterocycles. The molecule has 1 aliphatic rings. The summed E-state index contributed by atoms with van der Waals surface area (Å²) in [7, 11) is 1.26. The number of hydrogen-bond donors (Lipinski definition) is 0. The van der Waals surface area contributed by atoms with Crippen LogP contribution in [-0.4, -0.2) is 12.3 Å². The minimum Gasteiger partial charge on any atom is -0.122 e. The molecule has 0 radical (unpaired) electrons. The summed E-state index contributed by atoms with van der Waals surface area (Å²) in [6.07, 6.45) is 12.0. The maximum Gasteiger partial charge on any atom is -0.0325 e. The lowest BCUT2D eigenvalue weighted by Crippen LogP contribution is -2.07. The first-order valence-corrected chi connectivity index (χ1v) is 6.55. The molecule has 0 nitrogen and oxygen atoms in total. The van der Waals surface area contributed by atoms with Crippen molar-refractivity contribution in [2.24, 2.45) is 5.92 Å². The molecule has 0 bridgehead atoms. The first kappa shape index (κ1) is 9.52. The molecule has 66 valence electrons. The summed E-state index contributed by atoms with van der Waals surface area (Å²) >= 11 is 0. The van der Waals surface area contributed by atoms with Crippen LogP contribution in [0.3, 0.4) is 0 Å². The van der Waals surface area contributed by atoms with E-state index in [4.69, 9.17) is 0 Å². The van der Waals surface area contributed by atoms with E-state index in [2.05, 4.69) is 6.92 Å². The second kappa shape index (κ2) is 6.00. The molecule has 0 aliphatic heterocycles. The van der Waals surface area contributed by atoms with Gasteiger partial charge >= 0.3 is 0 Å². The maximum absolute atomic E-state index is 2.30. The fourth-order valence-corrected chi connectivity index (χ4v) is 3.25. The minimum absolute atomic E-state index is 1.12. The zero-order valence-corrected chi connectivity index (χ0v) is 8.73. The van der Waals surface area contributed by atoms with Gasteiger partial charge in [-0.1, -0.05) is 45.4 Å². The van der Waals surface area contributed by atoms with Crippen molar-refractivity contribution in [3.8, 4) is 0 Å². The summed E-state index contributed by atoms with van der Waals surface area (Å²) in [6, 6.07) is 0. The van der Waals surface area contributed by atoms with E-state index in [1.165, 1.54) is 53.3 Å². The zero-order chi connectivity index (χ0) is 7.94. The monoisotopic (exact) mass is 172 g/mol. The molecule has 1 unspecified atom stereocenters. The van der Waals surface area contributed by atoms with E-state index < -0.39 is 0 Å². The molecular weight excluding hydrogens is 151 g/mol. The normalized spacial score (nSPS) is 21.5. The third-order valence-corrected chi connectivity index (χ3v) is 4.30. The Hall–Kier alpha value is 0.430. The standard InChI is InChI=1S/C10H21P/c1-2-8-11-9-10-6-4-3-5-7-10/h10-11H,2-9H2,1H3. The first-order chi connectivity index (χ1) is 5.43. The van der Waals surface area contributed by atoms with Crippen LogP contribution in [0, 0.1) is 5.92 Å². The molecule has 1 aliphatic carbocycles. The lowest BCUT2D eigenvalue weighted by atomic mass is 9.91. The van der Waals surface area contributed by atoms with Gasteiger partial charge in [0.2, 0.25) is 0 Å². The lowest BCUT2D eigenvalue weighted by Gasteiger charge is -2.20. The predicted octanol–water partition coefficient (Wildman–Crippen LogP) is 3.66. The van der Waals surface area contributed by atoms with Gasteiger partial charge in [-0.25, -0.2) is 0 Å². The highest BCUT2D eigenvalue weighted by molar-refractivity contribution is 7.37. The summed E-state index contributed by atoms with van der Waals surface area (Å²) < 4.78 is 0. The van der Waals surface area contributed by atoms with Crippen LogP contribution in [-0.2, 0) is 0 Å². The highest BCUT2D eigenvalue weighted by atomic mass is 31.1. The second-order valence-electron chi connectivity index (χ2n) is 3.71. The molecule has 0 aromatic carbocycles. The van der Waals surface area contributed by atoms with Gasteiger partial charge in [0.05, 0.1) is 0 Å². The van der Waals surface area contributed by atoms with E-state index in [1.54, 1.807) is 6.16 Å². The Morgan fingerprint density at radius 1 is 1.18 bits per heavy atom. The Kier molecular flexibility index (Phi) is 5.19. The summed E-state index contributed by atoms with van der Waals surface area (Å²) in [6.45, 7) is 2.30. The molecule has 1 fully saturated rings. The molecule has 0 spiro atoms. The average Bonchev–Trinajstić information content (AvgIpc) is 2.07. The molecule has 1 rings (SSSR count). The van der Waals surface area contributed by atoms with Crippen LogP contribution in [0.4, 0.5) is 0 Å². The third kappa shape index (κ3) is 4.11. The van der Waals surface area contributed by atoms with Crippen molar-refractivity contribution in [2.45, 2.75) is 45.4 Å². The van der Waals surface area contributed by atoms with Gasteiger partial charge in [0.15, 0.2) is 0 Å². The van der Waals surface area contributed by atoms with Crippen LogP contribution in [0.1, 0.15) is 45.4 Å². The lowest BCUT2D eigenvalue weighted by molar-refractivity contribution is 0.390. The molecule has 1 heteroatoms. The van der Waals surface area contributed by atoms with Gasteiger partial charge in [-0.2, -0.15) is 0 Å². The Bertz CT molecular complexity index is 84.9. The zero-order valence-electron chi connectivity index (χ0n) is 7.73. The summed E-state index contributed by atoms with van der Waals surface area (Å²) in [5, 5.41) is 0. The summed E-state index contributed by atoms with van der Waals surface area (Å²) in [5.41, 5.74) is 0. The number of rotatable bonds is 4. The Morgan fingerprint density at radius 3 is 2.55 bits per heavy atom. The fraction of sp³-hybridized carbons (Fsp3) is 1.00. The van der Waals surface area contributed by atoms with Gasteiger partial charge in [-0.3, -0.25) is 0 Å². The molecule has 0 amide bonds. The van der Waals surface area contributed by atoms with Crippen LogP contribution >= 0.6 is 8.58 Å². The molecule has 1 saturated carbocycles. The number of hydrogen-bond acceptors (Lipinski definition) is 0. The van der Waals surface area contributed by atoms with Gasteiger partial charge < -0.3 is 0 Å². The SMILES string of the molecule is CCCPCC1CCCCC1. The molecule has 0 aromatic heterocycles. The van der Waals surface area contributed by atoms with Gasteiger partial charge in [0.25, 0.3) is 0 Å². The fourth-order valence-electron chi connectivity index (χ4n) is 1.87. The van der Waals surface area contributed by atoms with E-state index in [0.717, 1.165) is 5.92 Å².